The average Bonchev–Trinajstić information content (AvgIpc) is 2.23. The second-order valence-corrected chi connectivity index (χ2v) is 6.62. The summed E-state index contributed by atoms with van der Waals surface area (Å²) in [6, 6.07) is 0. The number of rotatable bonds is 6. The minimum Gasteiger partial charge on any atom is -0.460 e. The van der Waals surface area contributed by atoms with Gasteiger partial charge in [-0.2, -0.15) is 0 Å². The Bertz CT molecular complexity index is 353. The number of ether oxygens (including phenoxy) is 1. The minimum atomic E-state index is -0.717. The molecule has 0 aliphatic heterocycles. The van der Waals surface area contributed by atoms with E-state index in [1.165, 1.54) is 6.08 Å². The maximum Gasteiger partial charge on any atom is 0.330 e. The smallest absolute Gasteiger partial charge is 0.330 e. The van der Waals surface area contributed by atoms with Crippen molar-refractivity contribution >= 4 is 22.8 Å². The third-order valence-corrected chi connectivity index (χ3v) is 3.31. The van der Waals surface area contributed by atoms with Gasteiger partial charge < -0.3 is 9.84 Å². The van der Waals surface area contributed by atoms with Gasteiger partial charge >= 0.3 is 5.97 Å². The van der Waals surface area contributed by atoms with Crippen molar-refractivity contribution in [1.82, 2.24) is 0 Å². The zero-order chi connectivity index (χ0) is 15.3. The van der Waals surface area contributed by atoms with E-state index in [-0.39, 0.29) is 12.0 Å². The van der Waals surface area contributed by atoms with Crippen molar-refractivity contribution in [2.75, 3.05) is 6.61 Å². The van der Waals surface area contributed by atoms with Crippen molar-refractivity contribution in [1.29, 1.82) is 0 Å². The predicted molar refractivity (Wildman–Crippen MR) is 74.8 cm³/mol. The summed E-state index contributed by atoms with van der Waals surface area (Å²) in [5.41, 5.74) is -1.04. The third-order valence-electron chi connectivity index (χ3n) is 2.80. The van der Waals surface area contributed by atoms with E-state index >= 15 is 0 Å². The fourth-order valence-corrected chi connectivity index (χ4v) is 1.07. The lowest BCUT2D eigenvalue weighted by atomic mass is 9.90. The fraction of sp³-hybridized carbons (Fsp3) is 0.714. The first-order valence-electron chi connectivity index (χ1n) is 6.18. The van der Waals surface area contributed by atoms with Crippen LogP contribution in [0.1, 0.15) is 41.0 Å². The van der Waals surface area contributed by atoms with Crippen LogP contribution in [-0.2, 0) is 14.3 Å². The van der Waals surface area contributed by atoms with Crippen molar-refractivity contribution in [3.8, 4) is 0 Å². The predicted octanol–water partition coefficient (Wildman–Crippen LogP) is 2.67. The van der Waals surface area contributed by atoms with E-state index in [0.717, 1.165) is 0 Å². The van der Waals surface area contributed by atoms with Crippen LogP contribution in [0.2, 0.25) is 0 Å². The molecule has 0 saturated carbocycles. The normalized spacial score (nSPS) is 14.5. The van der Waals surface area contributed by atoms with Gasteiger partial charge in [0.05, 0.1) is 6.10 Å². The summed E-state index contributed by atoms with van der Waals surface area (Å²) in [7, 11) is 0. The number of halogens is 1. The van der Waals surface area contributed by atoms with Crippen LogP contribution in [0.4, 0.5) is 0 Å². The van der Waals surface area contributed by atoms with Crippen LogP contribution in [-0.4, -0.2) is 29.0 Å². The van der Waals surface area contributed by atoms with Crippen molar-refractivity contribution in [3.63, 3.8) is 0 Å². The lowest BCUT2D eigenvalue weighted by Gasteiger charge is -2.24. The standard InChI is InChI=1S/C14H23ClO4/c1-13(2,3)10(16)9-19-11(17)7-6-8-14(4,5)12(15)18/h6-7,10,16H,8-9H2,1-5H3/b7-6-. The molecule has 1 atom stereocenters. The molecule has 0 saturated heterocycles. The van der Waals surface area contributed by atoms with Gasteiger partial charge in [0.25, 0.3) is 0 Å². The summed E-state index contributed by atoms with van der Waals surface area (Å²) in [6.45, 7) is 8.91. The minimum absolute atomic E-state index is 0.0511. The molecule has 0 fully saturated rings. The number of aliphatic hydroxyl groups excluding tert-OH is 1. The summed E-state index contributed by atoms with van der Waals surface area (Å²) < 4.78 is 4.91. The molecule has 1 unspecified atom stereocenters. The van der Waals surface area contributed by atoms with Gasteiger partial charge in [-0.05, 0) is 23.4 Å². The number of hydrogen-bond donors (Lipinski definition) is 1. The molecule has 19 heavy (non-hydrogen) atoms. The van der Waals surface area contributed by atoms with Crippen LogP contribution in [0.25, 0.3) is 0 Å². The summed E-state index contributed by atoms with van der Waals surface area (Å²) >= 11 is 5.42. The van der Waals surface area contributed by atoms with E-state index in [1.807, 2.05) is 20.8 Å². The lowest BCUT2D eigenvalue weighted by molar-refractivity contribution is -0.142. The molecule has 0 rings (SSSR count). The number of aliphatic hydroxyl groups is 1. The molecular weight excluding hydrogens is 268 g/mol. The Morgan fingerprint density at radius 1 is 1.26 bits per heavy atom. The van der Waals surface area contributed by atoms with Gasteiger partial charge in [0.1, 0.15) is 6.61 Å². The Morgan fingerprint density at radius 3 is 2.21 bits per heavy atom. The highest BCUT2D eigenvalue weighted by Crippen LogP contribution is 2.24. The number of carbonyl (C=O) groups is 2. The average molecular weight is 291 g/mol. The van der Waals surface area contributed by atoms with E-state index in [1.54, 1.807) is 19.9 Å². The van der Waals surface area contributed by atoms with E-state index in [9.17, 15) is 14.7 Å². The molecule has 4 nitrogen and oxygen atoms in total. The van der Waals surface area contributed by atoms with Gasteiger partial charge in [0, 0.05) is 11.5 Å². The van der Waals surface area contributed by atoms with Crippen LogP contribution >= 0.6 is 11.6 Å². The number of hydrogen-bond acceptors (Lipinski definition) is 4. The highest BCUT2D eigenvalue weighted by atomic mass is 35.5. The second-order valence-electron chi connectivity index (χ2n) is 6.28. The fourth-order valence-electron chi connectivity index (χ4n) is 0.989. The van der Waals surface area contributed by atoms with Crippen LogP contribution in [0, 0.1) is 10.8 Å². The lowest BCUT2D eigenvalue weighted by Crippen LogP contribution is -2.31. The molecule has 1 N–H and O–H groups in total. The summed E-state index contributed by atoms with van der Waals surface area (Å²) in [5.74, 6) is -0.541. The maximum absolute atomic E-state index is 11.4. The number of esters is 1. The van der Waals surface area contributed by atoms with Crippen LogP contribution in [0.3, 0.4) is 0 Å². The molecule has 0 bridgehead atoms. The summed E-state index contributed by atoms with van der Waals surface area (Å²) in [5, 5.41) is 9.25. The summed E-state index contributed by atoms with van der Waals surface area (Å²) in [4.78, 5) is 22.4. The Balaban J connectivity index is 4.17. The van der Waals surface area contributed by atoms with Gasteiger partial charge in [-0.15, -0.1) is 0 Å². The first-order chi connectivity index (χ1) is 8.47. The first-order valence-corrected chi connectivity index (χ1v) is 6.56. The maximum atomic E-state index is 11.4. The van der Waals surface area contributed by atoms with E-state index in [4.69, 9.17) is 16.3 Å². The first kappa shape index (κ1) is 18.1. The molecule has 110 valence electrons. The van der Waals surface area contributed by atoms with Gasteiger partial charge in [-0.25, -0.2) is 4.79 Å². The van der Waals surface area contributed by atoms with Crippen molar-refractivity contribution < 1.29 is 19.4 Å². The second kappa shape index (κ2) is 7.06. The van der Waals surface area contributed by atoms with Gasteiger partial charge in [-0.1, -0.05) is 40.7 Å². The molecular formula is C14H23ClO4. The van der Waals surface area contributed by atoms with Crippen LogP contribution in [0.5, 0.6) is 0 Å². The van der Waals surface area contributed by atoms with Crippen LogP contribution < -0.4 is 0 Å². The third kappa shape index (κ3) is 7.33. The zero-order valence-electron chi connectivity index (χ0n) is 12.2. The molecule has 0 aromatic carbocycles. The van der Waals surface area contributed by atoms with Gasteiger partial charge in [-0.3, -0.25) is 4.79 Å². The molecule has 0 aromatic heterocycles. The van der Waals surface area contributed by atoms with Crippen molar-refractivity contribution in [2.24, 2.45) is 10.8 Å². The van der Waals surface area contributed by atoms with Crippen LogP contribution in [0.15, 0.2) is 12.2 Å². The van der Waals surface area contributed by atoms with E-state index in [2.05, 4.69) is 0 Å². The molecule has 5 heteroatoms. The number of allylic oxidation sites excluding steroid dienone is 1. The summed E-state index contributed by atoms with van der Waals surface area (Å²) in [6.07, 6.45) is 2.43. The van der Waals surface area contributed by atoms with Gasteiger partial charge in [0.15, 0.2) is 0 Å². The SMILES string of the molecule is CC(C)(C/C=C\C(=O)OCC(O)C(C)(C)C)C(=O)Cl. The quantitative estimate of drug-likeness (QED) is 0.464. The van der Waals surface area contributed by atoms with Crippen molar-refractivity contribution in [2.45, 2.75) is 47.1 Å². The monoisotopic (exact) mass is 290 g/mol. The van der Waals surface area contributed by atoms with Crippen molar-refractivity contribution in [3.05, 3.63) is 12.2 Å². The van der Waals surface area contributed by atoms with E-state index in [0.29, 0.717) is 6.42 Å². The molecule has 0 heterocycles. The number of carbonyl (C=O) groups excluding carboxylic acids is 2. The Kier molecular flexibility index (Phi) is 6.73. The molecule has 0 aliphatic rings. The van der Waals surface area contributed by atoms with E-state index < -0.39 is 22.7 Å². The Hall–Kier alpha value is -0.870. The largest absolute Gasteiger partial charge is 0.460 e. The molecule has 0 amide bonds. The van der Waals surface area contributed by atoms with Gasteiger partial charge in [0.2, 0.25) is 5.24 Å². The highest BCUT2D eigenvalue weighted by Gasteiger charge is 2.24. The Labute approximate surface area is 119 Å². The molecule has 0 spiro atoms. The zero-order valence-corrected chi connectivity index (χ0v) is 13.0. The Morgan fingerprint density at radius 2 is 1.79 bits per heavy atom. The molecule has 0 aliphatic carbocycles. The topological polar surface area (TPSA) is 63.6 Å². The highest BCUT2D eigenvalue weighted by molar-refractivity contribution is 6.64. The molecule has 0 aromatic rings. The molecule has 0 radical (unpaired) electrons.